The lowest BCUT2D eigenvalue weighted by Crippen LogP contribution is -2.26. The van der Waals surface area contributed by atoms with Crippen LogP contribution in [0.4, 0.5) is 0 Å². The number of methoxy groups -OCH3 is 2. The maximum atomic E-state index is 8.29. The third-order valence-corrected chi connectivity index (χ3v) is 0.982. The van der Waals surface area contributed by atoms with Crippen LogP contribution in [-0.2, 0) is 9.47 Å². The molecule has 0 aliphatic heterocycles. The second-order valence-corrected chi connectivity index (χ2v) is 1.47. The zero-order valence-electron chi connectivity index (χ0n) is 5.26. The molecule has 0 aliphatic carbocycles. The van der Waals surface area contributed by atoms with Crippen LogP contribution in [0, 0.1) is 11.3 Å². The second kappa shape index (κ2) is 2.65. The molecular weight excluding hydrogens is 106 g/mol. The molecule has 3 heteroatoms. The molecule has 0 aromatic heterocycles. The first-order valence-electron chi connectivity index (χ1n) is 2.20. The maximum Gasteiger partial charge on any atom is 0.255 e. The molecule has 0 bridgehead atoms. The number of hydrogen-bond donors (Lipinski definition) is 0. The Hall–Kier alpha value is -0.590. The fourth-order valence-corrected chi connectivity index (χ4v) is 0.175. The van der Waals surface area contributed by atoms with Crippen LogP contribution >= 0.6 is 0 Å². The van der Waals surface area contributed by atoms with Crippen LogP contribution in [0.2, 0.25) is 0 Å². The van der Waals surface area contributed by atoms with Crippen LogP contribution in [0.25, 0.3) is 0 Å². The van der Waals surface area contributed by atoms with Crippen molar-refractivity contribution in [2.75, 3.05) is 14.2 Å². The van der Waals surface area contributed by atoms with E-state index >= 15 is 0 Å². The molecule has 3 nitrogen and oxygen atoms in total. The number of ether oxygens (including phenoxy) is 2. The predicted octanol–water partition coefficient (Wildman–Crippen LogP) is 0.519. The van der Waals surface area contributed by atoms with E-state index in [1.165, 1.54) is 14.2 Å². The van der Waals surface area contributed by atoms with Crippen molar-refractivity contribution in [1.29, 1.82) is 5.26 Å². The standard InChI is InChI=1S/C5H9NO2/c1-5(4-6,7-2)8-3/h1-3H3. The molecule has 0 rings (SSSR count). The van der Waals surface area contributed by atoms with Crippen molar-refractivity contribution in [2.45, 2.75) is 12.7 Å². The van der Waals surface area contributed by atoms with Gasteiger partial charge in [-0.25, -0.2) is 0 Å². The van der Waals surface area contributed by atoms with Gasteiger partial charge in [-0.3, -0.25) is 0 Å². The highest BCUT2D eigenvalue weighted by Gasteiger charge is 2.20. The highest BCUT2D eigenvalue weighted by molar-refractivity contribution is 4.88. The topological polar surface area (TPSA) is 42.2 Å². The van der Waals surface area contributed by atoms with Crippen molar-refractivity contribution in [3.63, 3.8) is 0 Å². The Morgan fingerprint density at radius 2 is 1.75 bits per heavy atom. The number of rotatable bonds is 2. The third-order valence-electron chi connectivity index (χ3n) is 0.982. The summed E-state index contributed by atoms with van der Waals surface area (Å²) in [5.41, 5.74) is 0. The van der Waals surface area contributed by atoms with Crippen molar-refractivity contribution in [3.05, 3.63) is 0 Å². The van der Waals surface area contributed by atoms with Crippen molar-refractivity contribution >= 4 is 0 Å². The molecule has 0 saturated heterocycles. The Morgan fingerprint density at radius 3 is 1.75 bits per heavy atom. The SMILES string of the molecule is COC(C)(C#N)OC. The van der Waals surface area contributed by atoms with Crippen LogP contribution in [0.1, 0.15) is 6.92 Å². The molecule has 0 aliphatic rings. The fraction of sp³-hybridized carbons (Fsp3) is 0.800. The molecule has 0 amide bonds. The minimum absolute atomic E-state index is 1.07. The number of nitrogens with zero attached hydrogens (tertiary/aromatic N) is 1. The summed E-state index contributed by atoms with van der Waals surface area (Å²) in [7, 11) is 2.85. The van der Waals surface area contributed by atoms with Gasteiger partial charge in [0, 0.05) is 21.1 Å². The van der Waals surface area contributed by atoms with Crippen molar-refractivity contribution < 1.29 is 9.47 Å². The Morgan fingerprint density at radius 1 is 1.38 bits per heavy atom. The van der Waals surface area contributed by atoms with Gasteiger partial charge in [0.1, 0.15) is 6.07 Å². The minimum atomic E-state index is -1.07. The van der Waals surface area contributed by atoms with Gasteiger partial charge in [-0.2, -0.15) is 5.26 Å². The summed E-state index contributed by atoms with van der Waals surface area (Å²) >= 11 is 0. The Labute approximate surface area is 48.8 Å². The van der Waals surface area contributed by atoms with Gasteiger partial charge in [-0.15, -0.1) is 0 Å². The van der Waals surface area contributed by atoms with Crippen LogP contribution in [0.15, 0.2) is 0 Å². The first-order valence-corrected chi connectivity index (χ1v) is 2.20. The van der Waals surface area contributed by atoms with Gasteiger partial charge in [0.25, 0.3) is 5.79 Å². The molecule has 8 heavy (non-hydrogen) atoms. The average molecular weight is 115 g/mol. The van der Waals surface area contributed by atoms with Gasteiger partial charge in [0.2, 0.25) is 0 Å². The normalized spacial score (nSPS) is 10.8. The quantitative estimate of drug-likeness (QED) is 0.492. The molecule has 0 fully saturated rings. The maximum absolute atomic E-state index is 8.29. The van der Waals surface area contributed by atoms with Crippen molar-refractivity contribution in [2.24, 2.45) is 0 Å². The first kappa shape index (κ1) is 7.41. The van der Waals surface area contributed by atoms with Crippen LogP contribution in [-0.4, -0.2) is 20.0 Å². The number of hydrogen-bond acceptors (Lipinski definition) is 3. The smallest absolute Gasteiger partial charge is 0.255 e. The zero-order valence-corrected chi connectivity index (χ0v) is 5.26. The van der Waals surface area contributed by atoms with E-state index in [4.69, 9.17) is 5.26 Å². The van der Waals surface area contributed by atoms with Gasteiger partial charge >= 0.3 is 0 Å². The summed E-state index contributed by atoms with van der Waals surface area (Å²) in [5.74, 6) is -1.07. The lowest BCUT2D eigenvalue weighted by atomic mass is 10.4. The lowest BCUT2D eigenvalue weighted by Gasteiger charge is -2.15. The van der Waals surface area contributed by atoms with Gasteiger partial charge in [0.15, 0.2) is 0 Å². The van der Waals surface area contributed by atoms with E-state index in [9.17, 15) is 0 Å². The summed E-state index contributed by atoms with van der Waals surface area (Å²) in [6, 6.07) is 1.83. The van der Waals surface area contributed by atoms with E-state index in [1.54, 1.807) is 6.92 Å². The highest BCUT2D eigenvalue weighted by atomic mass is 16.7. The summed E-state index contributed by atoms with van der Waals surface area (Å²) in [6.07, 6.45) is 0. The Bertz CT molecular complexity index is 101. The number of nitriles is 1. The van der Waals surface area contributed by atoms with E-state index in [1.807, 2.05) is 6.07 Å². The molecule has 0 saturated carbocycles. The molecule has 0 unspecified atom stereocenters. The molecule has 0 aromatic rings. The molecule has 0 heterocycles. The Balaban J connectivity index is 3.83. The highest BCUT2D eigenvalue weighted by Crippen LogP contribution is 2.05. The largest absolute Gasteiger partial charge is 0.342 e. The minimum Gasteiger partial charge on any atom is -0.342 e. The van der Waals surface area contributed by atoms with E-state index in [-0.39, 0.29) is 0 Å². The van der Waals surface area contributed by atoms with Crippen LogP contribution in [0.5, 0.6) is 0 Å². The molecule has 0 aromatic carbocycles. The summed E-state index contributed by atoms with van der Waals surface area (Å²) in [4.78, 5) is 0. The average Bonchev–Trinajstić information content (AvgIpc) is 1.87. The van der Waals surface area contributed by atoms with Gasteiger partial charge < -0.3 is 9.47 Å². The molecule has 0 atom stereocenters. The van der Waals surface area contributed by atoms with E-state index < -0.39 is 5.79 Å². The van der Waals surface area contributed by atoms with E-state index in [0.29, 0.717) is 0 Å². The van der Waals surface area contributed by atoms with E-state index in [0.717, 1.165) is 0 Å². The molecule has 0 radical (unpaired) electrons. The molecule has 0 N–H and O–H groups in total. The lowest BCUT2D eigenvalue weighted by molar-refractivity contribution is -0.149. The third kappa shape index (κ3) is 1.49. The predicted molar refractivity (Wildman–Crippen MR) is 28.0 cm³/mol. The molecule has 46 valence electrons. The Kier molecular flexibility index (Phi) is 2.46. The van der Waals surface area contributed by atoms with Gasteiger partial charge in [0.05, 0.1) is 0 Å². The van der Waals surface area contributed by atoms with Crippen molar-refractivity contribution in [3.8, 4) is 6.07 Å². The van der Waals surface area contributed by atoms with Crippen LogP contribution < -0.4 is 0 Å². The molecular formula is C5H9NO2. The molecule has 0 spiro atoms. The van der Waals surface area contributed by atoms with Crippen molar-refractivity contribution in [1.82, 2.24) is 0 Å². The monoisotopic (exact) mass is 115 g/mol. The second-order valence-electron chi connectivity index (χ2n) is 1.47. The first-order chi connectivity index (χ1) is 3.68. The van der Waals surface area contributed by atoms with Crippen LogP contribution in [0.3, 0.4) is 0 Å². The summed E-state index contributed by atoms with van der Waals surface area (Å²) in [5, 5.41) is 8.29. The summed E-state index contributed by atoms with van der Waals surface area (Å²) < 4.78 is 9.31. The zero-order chi connectivity index (χ0) is 6.62. The van der Waals surface area contributed by atoms with Gasteiger partial charge in [-0.1, -0.05) is 0 Å². The summed E-state index contributed by atoms with van der Waals surface area (Å²) in [6.45, 7) is 1.55. The van der Waals surface area contributed by atoms with E-state index in [2.05, 4.69) is 9.47 Å². The van der Waals surface area contributed by atoms with Gasteiger partial charge in [-0.05, 0) is 0 Å². The fourth-order valence-electron chi connectivity index (χ4n) is 0.175.